The zero-order valence-electron chi connectivity index (χ0n) is 21.7. The second kappa shape index (κ2) is 16.5. The van der Waals surface area contributed by atoms with Crippen LogP contribution in [0.5, 0.6) is 0 Å². The molecule has 0 aromatic heterocycles. The number of hydrogen-bond acceptors (Lipinski definition) is 5. The summed E-state index contributed by atoms with van der Waals surface area (Å²) in [6.45, 7) is 9.77. The van der Waals surface area contributed by atoms with Crippen LogP contribution in [0.2, 0.25) is 0 Å². The Labute approximate surface area is 225 Å². The number of nitrogens with zero attached hydrogens (tertiary/aromatic N) is 4. The van der Waals surface area contributed by atoms with Crippen molar-refractivity contribution in [2.75, 3.05) is 44.7 Å². The number of para-hydroxylation sites is 1. The van der Waals surface area contributed by atoms with Crippen LogP contribution < -0.4 is 4.90 Å². The second-order valence-electron chi connectivity index (χ2n) is 8.41. The van der Waals surface area contributed by atoms with Gasteiger partial charge in [-0.1, -0.05) is 67.1 Å². The maximum atomic E-state index is 13.1. The highest BCUT2D eigenvalue weighted by molar-refractivity contribution is 6.25. The third-order valence-corrected chi connectivity index (χ3v) is 6.06. The van der Waals surface area contributed by atoms with Crippen molar-refractivity contribution < 1.29 is 14.7 Å². The van der Waals surface area contributed by atoms with Crippen molar-refractivity contribution in [3.63, 3.8) is 0 Å². The summed E-state index contributed by atoms with van der Waals surface area (Å²) in [5.74, 6) is 0.0986. The molecule has 0 fully saturated rings. The van der Waals surface area contributed by atoms with E-state index >= 15 is 0 Å². The van der Waals surface area contributed by atoms with Crippen molar-refractivity contribution in [2.24, 2.45) is 4.99 Å². The van der Waals surface area contributed by atoms with Crippen LogP contribution in [0.4, 0.5) is 5.69 Å². The molecule has 0 saturated heterocycles. The van der Waals surface area contributed by atoms with Gasteiger partial charge in [-0.15, -0.1) is 0 Å². The number of fused-ring (bicyclic) bond motifs is 1. The van der Waals surface area contributed by atoms with Gasteiger partial charge in [-0.05, 0) is 42.5 Å². The number of aliphatic hydroxyl groups excluding tert-OH is 1. The minimum absolute atomic E-state index is 0.0363. The molecule has 2 aromatic rings. The van der Waals surface area contributed by atoms with Gasteiger partial charge >= 0.3 is 0 Å². The lowest BCUT2D eigenvalue weighted by atomic mass is 10.1. The molecule has 2 heterocycles. The van der Waals surface area contributed by atoms with E-state index in [1.807, 2.05) is 72.5 Å². The number of aliphatic hydroxyl groups is 1. The minimum atomic E-state index is 0.0363. The average Bonchev–Trinajstić information content (AvgIpc) is 3.44. The Hall–Kier alpha value is -3.26. The van der Waals surface area contributed by atoms with Gasteiger partial charge in [-0.3, -0.25) is 19.5 Å². The topological polar surface area (TPSA) is 76.5 Å². The molecule has 2 aromatic carbocycles. The van der Waals surface area contributed by atoms with Crippen molar-refractivity contribution >= 4 is 35.8 Å². The first kappa shape index (κ1) is 30.0. The van der Waals surface area contributed by atoms with Crippen LogP contribution in [0.25, 0.3) is 0 Å². The van der Waals surface area contributed by atoms with E-state index in [9.17, 15) is 9.59 Å². The Balaban J connectivity index is 0.000000617. The van der Waals surface area contributed by atoms with Gasteiger partial charge in [-0.2, -0.15) is 0 Å². The zero-order valence-corrected chi connectivity index (χ0v) is 22.5. The number of anilines is 1. The minimum Gasteiger partial charge on any atom is -0.400 e. The highest BCUT2D eigenvalue weighted by Gasteiger charge is 2.26. The molecule has 0 unspecified atom stereocenters. The van der Waals surface area contributed by atoms with Crippen LogP contribution in [-0.4, -0.2) is 73.3 Å². The summed E-state index contributed by atoms with van der Waals surface area (Å²) in [4.78, 5) is 35.3. The molecule has 2 aliphatic rings. The lowest BCUT2D eigenvalue weighted by molar-refractivity contribution is -0.119. The highest BCUT2D eigenvalue weighted by atomic mass is 35.5. The number of hydrogen-bond donors (Lipinski definition) is 1. The quantitative estimate of drug-likeness (QED) is 0.427. The van der Waals surface area contributed by atoms with E-state index in [1.54, 1.807) is 4.90 Å². The van der Waals surface area contributed by atoms with Gasteiger partial charge in [0.25, 0.3) is 5.91 Å². The largest absolute Gasteiger partial charge is 0.400 e. The van der Waals surface area contributed by atoms with E-state index < -0.39 is 0 Å². The summed E-state index contributed by atoms with van der Waals surface area (Å²) in [5, 5.41) is 7.00. The lowest BCUT2D eigenvalue weighted by Crippen LogP contribution is -2.38. The van der Waals surface area contributed by atoms with Crippen molar-refractivity contribution in [1.29, 1.82) is 0 Å². The molecule has 2 aliphatic heterocycles. The molecule has 8 heteroatoms. The SMILES string of the molecule is C=NCCN1CC(=O)N(Cc2ccc(C(=O)N3CC=CC3)cc2)c2ccccc2C1.CC/C=C/Cl.CO. The Morgan fingerprint density at radius 2 is 1.76 bits per heavy atom. The third kappa shape index (κ3) is 8.97. The Bertz CT molecular complexity index is 1060. The fourth-order valence-electron chi connectivity index (χ4n) is 4.01. The molecule has 0 bridgehead atoms. The van der Waals surface area contributed by atoms with E-state index in [2.05, 4.69) is 22.7 Å². The van der Waals surface area contributed by atoms with E-state index in [0.717, 1.165) is 30.3 Å². The highest BCUT2D eigenvalue weighted by Crippen LogP contribution is 2.27. The first-order chi connectivity index (χ1) is 18.1. The normalized spacial score (nSPS) is 14.9. The number of rotatable bonds is 7. The van der Waals surface area contributed by atoms with E-state index in [4.69, 9.17) is 16.7 Å². The van der Waals surface area contributed by atoms with Gasteiger partial charge in [-0.25, -0.2) is 0 Å². The summed E-state index contributed by atoms with van der Waals surface area (Å²) >= 11 is 5.12. The van der Waals surface area contributed by atoms with Crippen LogP contribution in [0, 0.1) is 0 Å². The fourth-order valence-corrected chi connectivity index (χ4v) is 4.19. The number of carbonyl (C=O) groups excluding carboxylic acids is 2. The summed E-state index contributed by atoms with van der Waals surface area (Å²) in [7, 11) is 1.00. The molecule has 0 aliphatic carbocycles. The molecule has 0 radical (unpaired) electrons. The molecule has 0 atom stereocenters. The fraction of sp³-hybridized carbons (Fsp3) is 0.345. The van der Waals surface area contributed by atoms with Crippen LogP contribution in [0.3, 0.4) is 0 Å². The van der Waals surface area contributed by atoms with Crippen molar-refractivity contribution in [2.45, 2.75) is 26.4 Å². The molecule has 0 saturated carbocycles. The number of halogens is 1. The molecule has 0 spiro atoms. The average molecular weight is 525 g/mol. The molecule has 4 rings (SSSR count). The van der Waals surface area contributed by atoms with Crippen LogP contribution in [0.1, 0.15) is 34.8 Å². The van der Waals surface area contributed by atoms with Gasteiger partial charge in [0.15, 0.2) is 0 Å². The van der Waals surface area contributed by atoms with Crippen molar-refractivity contribution in [3.8, 4) is 0 Å². The second-order valence-corrected chi connectivity index (χ2v) is 8.67. The zero-order chi connectivity index (χ0) is 27.0. The van der Waals surface area contributed by atoms with E-state index in [0.29, 0.717) is 51.4 Å². The standard InChI is InChI=1S/C24H26N4O2.C4H7Cl.CH4O/c1-25-12-15-26-17-21-6-2-3-7-22(21)28(23(29)18-26)16-19-8-10-20(11-9-19)24(30)27-13-4-5-14-27;1-2-3-4-5;1-2/h2-11H,1,12-18H2;3-4H,2H2,1H3;2H,1H3/b;4-3+;. The monoisotopic (exact) mass is 524 g/mol. The molecular formula is C29H37ClN4O3. The molecule has 1 N–H and O–H groups in total. The van der Waals surface area contributed by atoms with Crippen LogP contribution in [-0.2, 0) is 17.9 Å². The Kier molecular flexibility index (Phi) is 13.3. The van der Waals surface area contributed by atoms with E-state index in [1.165, 1.54) is 5.54 Å². The molecule has 198 valence electrons. The maximum Gasteiger partial charge on any atom is 0.254 e. The Morgan fingerprint density at radius 3 is 2.35 bits per heavy atom. The molecular weight excluding hydrogens is 488 g/mol. The number of benzene rings is 2. The summed E-state index contributed by atoms with van der Waals surface area (Å²) in [6.07, 6.45) is 6.93. The summed E-state index contributed by atoms with van der Waals surface area (Å²) in [6, 6.07) is 15.6. The number of allylic oxidation sites excluding steroid dienone is 1. The van der Waals surface area contributed by atoms with Crippen molar-refractivity contribution in [1.82, 2.24) is 9.80 Å². The number of amides is 2. The maximum absolute atomic E-state index is 13.1. The number of aliphatic imine (C=N–C) groups is 1. The first-order valence-electron chi connectivity index (χ1n) is 12.3. The molecule has 2 amide bonds. The van der Waals surface area contributed by atoms with Gasteiger partial charge in [0.1, 0.15) is 0 Å². The van der Waals surface area contributed by atoms with Gasteiger partial charge < -0.3 is 14.9 Å². The van der Waals surface area contributed by atoms with Gasteiger partial charge in [0.2, 0.25) is 5.91 Å². The first-order valence-corrected chi connectivity index (χ1v) is 12.8. The third-order valence-electron chi connectivity index (χ3n) is 5.88. The smallest absolute Gasteiger partial charge is 0.254 e. The number of carbonyl (C=O) groups is 2. The lowest BCUT2D eigenvalue weighted by Gasteiger charge is -2.23. The van der Waals surface area contributed by atoms with Crippen LogP contribution >= 0.6 is 11.6 Å². The van der Waals surface area contributed by atoms with Crippen LogP contribution in [0.15, 0.2) is 77.3 Å². The predicted octanol–water partition coefficient (Wildman–Crippen LogP) is 4.51. The van der Waals surface area contributed by atoms with Gasteiger partial charge in [0, 0.05) is 50.1 Å². The van der Waals surface area contributed by atoms with Gasteiger partial charge in [0.05, 0.1) is 19.6 Å². The Morgan fingerprint density at radius 1 is 1.08 bits per heavy atom. The molecule has 7 nitrogen and oxygen atoms in total. The predicted molar refractivity (Wildman–Crippen MR) is 152 cm³/mol. The summed E-state index contributed by atoms with van der Waals surface area (Å²) in [5.41, 5.74) is 5.27. The molecule has 37 heavy (non-hydrogen) atoms. The van der Waals surface area contributed by atoms with E-state index in [-0.39, 0.29) is 11.8 Å². The summed E-state index contributed by atoms with van der Waals surface area (Å²) < 4.78 is 0. The van der Waals surface area contributed by atoms with Crippen molar-refractivity contribution in [3.05, 3.63) is 89.0 Å².